The summed E-state index contributed by atoms with van der Waals surface area (Å²) in [6.07, 6.45) is 22.7. The van der Waals surface area contributed by atoms with Crippen molar-refractivity contribution in [3.05, 3.63) is 35.5 Å². The maximum atomic E-state index is 13.1. The van der Waals surface area contributed by atoms with Crippen LogP contribution in [0.3, 0.4) is 0 Å². The third-order valence-electron chi connectivity index (χ3n) is 11.9. The van der Waals surface area contributed by atoms with Crippen LogP contribution in [-0.4, -0.2) is 39.4 Å². The Morgan fingerprint density at radius 1 is 1.05 bits per heavy atom. The van der Waals surface area contributed by atoms with Crippen LogP contribution >= 0.6 is 0 Å². The van der Waals surface area contributed by atoms with Crippen LogP contribution in [0.25, 0.3) is 0 Å². The fraction of sp³-hybridized carbons (Fsp3) is 0.811. The van der Waals surface area contributed by atoms with Gasteiger partial charge in [0, 0.05) is 18.3 Å². The number of aliphatic hydroxyl groups excluding tert-OH is 3. The van der Waals surface area contributed by atoms with Crippen molar-refractivity contribution in [2.75, 3.05) is 0 Å². The lowest BCUT2D eigenvalue weighted by Crippen LogP contribution is -2.39. The molecule has 4 rings (SSSR count). The zero-order valence-corrected chi connectivity index (χ0v) is 26.5. The van der Waals surface area contributed by atoms with Gasteiger partial charge in [0.05, 0.1) is 18.3 Å². The molecule has 232 valence electrons. The van der Waals surface area contributed by atoms with E-state index in [0.29, 0.717) is 30.5 Å². The molecule has 0 unspecified atom stereocenters. The lowest BCUT2D eigenvalue weighted by Gasteiger charge is -2.45. The first-order valence-corrected chi connectivity index (χ1v) is 17.3. The van der Waals surface area contributed by atoms with Crippen LogP contribution in [0.2, 0.25) is 0 Å². The fourth-order valence-corrected chi connectivity index (χ4v) is 8.89. The van der Waals surface area contributed by atoms with Crippen molar-refractivity contribution in [3.63, 3.8) is 0 Å². The average Bonchev–Trinajstić information content (AvgIpc) is 3.66. The molecule has 0 radical (unpaired) electrons. The number of rotatable bonds is 15. The monoisotopic (exact) mass is 568 g/mol. The number of fused-ring (bicyclic) bond motifs is 1. The largest absolute Gasteiger partial charge is 0.393 e. The minimum absolute atomic E-state index is 0.121. The summed E-state index contributed by atoms with van der Waals surface area (Å²) in [6, 6.07) is 0. The molecule has 4 heteroatoms. The van der Waals surface area contributed by atoms with Crippen molar-refractivity contribution in [3.8, 4) is 0 Å². The highest BCUT2D eigenvalue weighted by Gasteiger charge is 2.53. The number of Topliss-reactive ketones (excluding diaryl/α,β-unsaturated/α-hetero) is 1. The van der Waals surface area contributed by atoms with E-state index >= 15 is 0 Å². The van der Waals surface area contributed by atoms with Gasteiger partial charge in [-0.1, -0.05) is 83.6 Å². The van der Waals surface area contributed by atoms with E-state index in [-0.39, 0.29) is 22.9 Å². The predicted octanol–water partition coefficient (Wildman–Crippen LogP) is 8.39. The normalized spacial score (nSPS) is 34.5. The van der Waals surface area contributed by atoms with Gasteiger partial charge in [-0.05, 0) is 105 Å². The van der Waals surface area contributed by atoms with Crippen molar-refractivity contribution in [2.45, 2.75) is 161 Å². The second-order valence-electron chi connectivity index (χ2n) is 14.7. The molecule has 0 aromatic carbocycles. The van der Waals surface area contributed by atoms with Crippen LogP contribution in [-0.2, 0) is 4.79 Å². The fourth-order valence-electron chi connectivity index (χ4n) is 8.89. The molecule has 0 spiro atoms. The van der Waals surface area contributed by atoms with Crippen LogP contribution in [0.4, 0.5) is 0 Å². The molecule has 4 nitrogen and oxygen atoms in total. The molecule has 4 aliphatic carbocycles. The van der Waals surface area contributed by atoms with Crippen molar-refractivity contribution in [2.24, 2.45) is 28.6 Å². The zero-order chi connectivity index (χ0) is 29.6. The second kappa shape index (κ2) is 14.5. The Hall–Kier alpha value is -1.23. The molecular weight excluding hydrogens is 508 g/mol. The standard InChI is InChI=1S/C37H60O4/c1-5-6-7-8-9-10-11-14-35(41)37(22-23-37)21-19-33(39)27(3)31-17-18-32-28(13-12-20-36(31,32)4)15-16-29-24-30(38)25-34(40)26(29)2/h15-16,27,30-34,38-40H,2,5-14,17-25H2,1,3-4H3/t27-,30+,31+,32-,33+,34-,36+/m0/s1. The summed E-state index contributed by atoms with van der Waals surface area (Å²) in [5, 5.41) is 31.8. The molecule has 0 aromatic heterocycles. The molecule has 0 amide bonds. The van der Waals surface area contributed by atoms with E-state index in [0.717, 1.165) is 62.5 Å². The van der Waals surface area contributed by atoms with Crippen LogP contribution in [0.5, 0.6) is 0 Å². The van der Waals surface area contributed by atoms with Crippen LogP contribution in [0.15, 0.2) is 35.5 Å². The van der Waals surface area contributed by atoms with Gasteiger partial charge in [-0.25, -0.2) is 0 Å². The van der Waals surface area contributed by atoms with Crippen molar-refractivity contribution in [1.29, 1.82) is 0 Å². The highest BCUT2D eigenvalue weighted by Crippen LogP contribution is 2.60. The topological polar surface area (TPSA) is 77.8 Å². The zero-order valence-electron chi connectivity index (χ0n) is 26.5. The van der Waals surface area contributed by atoms with Gasteiger partial charge in [0.25, 0.3) is 0 Å². The first-order chi connectivity index (χ1) is 19.6. The highest BCUT2D eigenvalue weighted by molar-refractivity contribution is 5.87. The Morgan fingerprint density at radius 3 is 2.46 bits per heavy atom. The van der Waals surface area contributed by atoms with E-state index < -0.39 is 12.2 Å². The van der Waals surface area contributed by atoms with E-state index in [1.807, 2.05) is 0 Å². The molecule has 4 fully saturated rings. The van der Waals surface area contributed by atoms with Crippen molar-refractivity contribution < 1.29 is 20.1 Å². The number of ketones is 1. The van der Waals surface area contributed by atoms with Gasteiger partial charge in [0.2, 0.25) is 0 Å². The summed E-state index contributed by atoms with van der Waals surface area (Å²) >= 11 is 0. The Kier molecular flexibility index (Phi) is 11.6. The summed E-state index contributed by atoms with van der Waals surface area (Å²) in [7, 11) is 0. The van der Waals surface area contributed by atoms with Gasteiger partial charge in [-0.2, -0.15) is 0 Å². The SMILES string of the molecule is C=C1C(=CC=C2CCC[C@]3(C)[C@@H]([C@H](C)[C@H](O)CCC4(C(=O)CCCCCCCCC)CC4)CC[C@@H]23)C[C@@H](O)C[C@@H]1O. The number of unbranched alkanes of at least 4 members (excludes halogenated alkanes) is 6. The maximum absolute atomic E-state index is 13.1. The molecule has 0 bridgehead atoms. The highest BCUT2D eigenvalue weighted by atomic mass is 16.3. The Balaban J connectivity index is 1.29. The number of allylic oxidation sites excluding steroid dienone is 3. The number of hydrogen-bond acceptors (Lipinski definition) is 4. The molecule has 0 aliphatic heterocycles. The summed E-state index contributed by atoms with van der Waals surface area (Å²) < 4.78 is 0. The summed E-state index contributed by atoms with van der Waals surface area (Å²) in [6.45, 7) is 11.0. The molecule has 0 saturated heterocycles. The van der Waals surface area contributed by atoms with Crippen LogP contribution in [0, 0.1) is 28.6 Å². The van der Waals surface area contributed by atoms with E-state index in [9.17, 15) is 20.1 Å². The Labute approximate surface area is 250 Å². The average molecular weight is 569 g/mol. The van der Waals surface area contributed by atoms with Gasteiger partial charge < -0.3 is 15.3 Å². The maximum Gasteiger partial charge on any atom is 0.139 e. The predicted molar refractivity (Wildman–Crippen MR) is 168 cm³/mol. The Morgan fingerprint density at radius 2 is 1.76 bits per heavy atom. The van der Waals surface area contributed by atoms with E-state index in [4.69, 9.17) is 0 Å². The Bertz CT molecular complexity index is 958. The van der Waals surface area contributed by atoms with E-state index in [1.54, 1.807) is 0 Å². The number of hydrogen-bond donors (Lipinski definition) is 3. The van der Waals surface area contributed by atoms with Gasteiger partial charge in [-0.3, -0.25) is 4.79 Å². The molecule has 7 atom stereocenters. The van der Waals surface area contributed by atoms with Crippen LogP contribution in [0.1, 0.15) is 143 Å². The van der Waals surface area contributed by atoms with E-state index in [2.05, 4.69) is 39.5 Å². The molecule has 4 aliphatic rings. The molecule has 41 heavy (non-hydrogen) atoms. The minimum Gasteiger partial charge on any atom is -0.393 e. The summed E-state index contributed by atoms with van der Waals surface area (Å²) in [5.41, 5.74) is 3.29. The third-order valence-corrected chi connectivity index (χ3v) is 11.9. The molecule has 4 saturated carbocycles. The molecular formula is C37H60O4. The first kappa shape index (κ1) is 32.7. The van der Waals surface area contributed by atoms with E-state index in [1.165, 1.54) is 63.4 Å². The first-order valence-electron chi connectivity index (χ1n) is 17.3. The number of carbonyl (C=O) groups excluding carboxylic acids is 1. The smallest absolute Gasteiger partial charge is 0.139 e. The lowest BCUT2D eigenvalue weighted by atomic mass is 9.60. The van der Waals surface area contributed by atoms with Gasteiger partial charge in [-0.15, -0.1) is 0 Å². The quantitative estimate of drug-likeness (QED) is 0.173. The van der Waals surface area contributed by atoms with Gasteiger partial charge >= 0.3 is 0 Å². The van der Waals surface area contributed by atoms with Crippen molar-refractivity contribution >= 4 is 5.78 Å². The summed E-state index contributed by atoms with van der Waals surface area (Å²) in [4.78, 5) is 13.1. The third kappa shape index (κ3) is 7.84. The second-order valence-corrected chi connectivity index (χ2v) is 14.7. The summed E-state index contributed by atoms with van der Waals surface area (Å²) in [5.74, 6) is 1.72. The lowest BCUT2D eigenvalue weighted by molar-refractivity contribution is -0.124. The molecule has 3 N–H and O–H groups in total. The number of carbonyl (C=O) groups is 1. The van der Waals surface area contributed by atoms with Gasteiger partial charge in [0.15, 0.2) is 0 Å². The van der Waals surface area contributed by atoms with Crippen molar-refractivity contribution in [1.82, 2.24) is 0 Å². The molecule has 0 heterocycles. The van der Waals surface area contributed by atoms with Gasteiger partial charge in [0.1, 0.15) is 5.78 Å². The minimum atomic E-state index is -0.649. The van der Waals surface area contributed by atoms with Crippen LogP contribution < -0.4 is 0 Å². The number of aliphatic hydroxyl groups is 3. The molecule has 0 aromatic rings.